The minimum absolute atomic E-state index is 0. The van der Waals surface area contributed by atoms with Crippen molar-refractivity contribution < 1.29 is 50.6 Å². The molecule has 0 aliphatic heterocycles. The molecule has 8 nitrogen and oxygen atoms in total. The molecule has 0 saturated carbocycles. The van der Waals surface area contributed by atoms with E-state index in [0.717, 1.165) is 0 Å². The summed E-state index contributed by atoms with van der Waals surface area (Å²) in [5.41, 5.74) is 0. The standard InChI is InChI=1S/AsH3O4.Cu.H2O4S/c2-1(3,4)5;;1-5(2,3)4/h(H3,2,3,4,5);;(H2,1,2,3,4)/q;+2;/p-2. The predicted octanol–water partition coefficient (Wildman–Crippen LogP) is -3.51. The van der Waals surface area contributed by atoms with E-state index in [0.29, 0.717) is 0 Å². The van der Waals surface area contributed by atoms with Crippen LogP contribution in [-0.4, -0.2) is 44.3 Å². The van der Waals surface area contributed by atoms with Crippen molar-refractivity contribution in [3.8, 4) is 0 Å². The van der Waals surface area contributed by atoms with E-state index in [2.05, 4.69) is 0 Å². The van der Waals surface area contributed by atoms with Crippen LogP contribution in [-0.2, 0) is 31.2 Å². The van der Waals surface area contributed by atoms with Gasteiger partial charge in [0, 0.05) is 10.4 Å². The van der Waals surface area contributed by atoms with E-state index in [4.69, 9.17) is 33.5 Å². The molecule has 0 fully saturated rings. The van der Waals surface area contributed by atoms with Gasteiger partial charge < -0.3 is 9.11 Å². The fourth-order valence-corrected chi connectivity index (χ4v) is 0. The molecule has 0 aromatic carbocycles. The maximum atomic E-state index is 8.94. The quantitative estimate of drug-likeness (QED) is 0.236. The van der Waals surface area contributed by atoms with Gasteiger partial charge in [-0.05, 0) is 0 Å². The summed E-state index contributed by atoms with van der Waals surface area (Å²) in [6.45, 7) is 0. The Morgan fingerprint density at radius 3 is 1.09 bits per heavy atom. The summed E-state index contributed by atoms with van der Waals surface area (Å²) in [6, 6.07) is 0. The minimum atomic E-state index is -5.17. The third-order valence-electron chi connectivity index (χ3n) is 0. The molecule has 73 valence electrons. The first-order valence-corrected chi connectivity index (χ1v) is 6.07. The first-order valence-electron chi connectivity index (χ1n) is 1.45. The van der Waals surface area contributed by atoms with Gasteiger partial charge in [0.25, 0.3) is 0 Å². The van der Waals surface area contributed by atoms with Gasteiger partial charge in [0.2, 0.25) is 0 Å². The average Bonchev–Trinajstić information content (AvgIpc) is 1.12. The van der Waals surface area contributed by atoms with Gasteiger partial charge in [-0.3, -0.25) is 8.42 Å². The van der Waals surface area contributed by atoms with Crippen molar-refractivity contribution in [1.29, 1.82) is 0 Å². The molecule has 0 rings (SSSR count). The van der Waals surface area contributed by atoms with E-state index >= 15 is 0 Å². The molecule has 0 aliphatic rings. The Bertz CT molecular complexity index is 192. The van der Waals surface area contributed by atoms with E-state index in [1.807, 2.05) is 0 Å². The summed E-state index contributed by atoms with van der Waals surface area (Å²) in [7, 11) is -5.17. The molecule has 0 bridgehead atoms. The monoisotopic (exact) mass is 301 g/mol. The van der Waals surface area contributed by atoms with Crippen LogP contribution in [0.25, 0.3) is 0 Å². The zero-order valence-electron chi connectivity index (χ0n) is 4.54. The van der Waals surface area contributed by atoms with Crippen molar-refractivity contribution in [1.82, 2.24) is 0 Å². The van der Waals surface area contributed by atoms with Crippen LogP contribution in [0.4, 0.5) is 0 Å². The van der Waals surface area contributed by atoms with Crippen LogP contribution in [0.1, 0.15) is 0 Å². The molecule has 0 amide bonds. The number of hydrogen-bond donors (Lipinski definition) is 3. The van der Waals surface area contributed by atoms with Crippen molar-refractivity contribution in [2.75, 3.05) is 0 Å². The van der Waals surface area contributed by atoms with Crippen LogP contribution in [0, 0.1) is 0 Å². The minimum Gasteiger partial charge on any atom is 2.00 e. The normalized spacial score (nSPS) is 10.6. The van der Waals surface area contributed by atoms with Gasteiger partial charge in [-0.15, -0.1) is 0 Å². The van der Waals surface area contributed by atoms with Gasteiger partial charge in [0.1, 0.15) is 0 Å². The first-order chi connectivity index (χ1) is 4.00. The Morgan fingerprint density at radius 2 is 1.09 bits per heavy atom. The topological polar surface area (TPSA) is 158 Å². The SMILES string of the molecule is O=S(=O)([O-])[O-].O=[As](O)(O)O.[Cu+2]. The molecule has 0 aliphatic carbocycles. The van der Waals surface area contributed by atoms with Crippen molar-refractivity contribution in [2.45, 2.75) is 0 Å². The zero-order chi connectivity index (χ0) is 9.00. The fraction of sp³-hybridized carbons (Fsp3) is 0. The molecule has 0 atom stereocenters. The van der Waals surface area contributed by atoms with E-state index in [-0.39, 0.29) is 17.1 Å². The smallest absolute Gasteiger partial charge is 2.00 e. The van der Waals surface area contributed by atoms with Gasteiger partial charge in [-0.2, -0.15) is 0 Å². The summed E-state index contributed by atoms with van der Waals surface area (Å²) in [4.78, 5) is 0. The zero-order valence-corrected chi connectivity index (χ0v) is 8.17. The van der Waals surface area contributed by atoms with Crippen LogP contribution in [0.5, 0.6) is 0 Å². The average molecular weight is 302 g/mol. The maximum absolute atomic E-state index is 8.94. The molecule has 0 heterocycles. The third-order valence-corrected chi connectivity index (χ3v) is 0. The van der Waals surface area contributed by atoms with Crippen molar-refractivity contribution in [3.63, 3.8) is 0 Å². The van der Waals surface area contributed by atoms with Crippen LogP contribution in [0.3, 0.4) is 0 Å². The molecule has 11 heavy (non-hydrogen) atoms. The maximum Gasteiger partial charge on any atom is 2.00 e. The van der Waals surface area contributed by atoms with Crippen LogP contribution < -0.4 is 0 Å². The summed E-state index contributed by atoms with van der Waals surface area (Å²) < 4.78 is 64.8. The largest absolute Gasteiger partial charge is 2.00 e. The van der Waals surface area contributed by atoms with Crippen molar-refractivity contribution >= 4 is 24.9 Å². The Hall–Kier alpha value is 0.628. The number of rotatable bonds is 0. The summed E-state index contributed by atoms with van der Waals surface area (Å²) in [5.74, 6) is 0. The summed E-state index contributed by atoms with van der Waals surface area (Å²) in [5, 5.41) is 0. The molecule has 3 N–H and O–H groups in total. The Balaban J connectivity index is -0.000000107. The van der Waals surface area contributed by atoms with E-state index in [1.165, 1.54) is 0 Å². The molecule has 0 unspecified atom stereocenters. The summed E-state index contributed by atoms with van der Waals surface area (Å²) in [6.07, 6.45) is 0. The van der Waals surface area contributed by atoms with Gasteiger partial charge in [-0.25, -0.2) is 0 Å². The molecule has 0 aromatic heterocycles. The van der Waals surface area contributed by atoms with E-state index in [1.54, 1.807) is 0 Å². The summed E-state index contributed by atoms with van der Waals surface area (Å²) >= 11 is -5.12. The second-order valence-corrected chi connectivity index (χ2v) is 3.89. The predicted molar refractivity (Wildman–Crippen MR) is 23.6 cm³/mol. The Labute approximate surface area is 75.6 Å². The fourth-order valence-electron chi connectivity index (χ4n) is 0. The van der Waals surface area contributed by atoms with Crippen molar-refractivity contribution in [2.24, 2.45) is 0 Å². The number of hydrogen-bond acceptors (Lipinski definition) is 5. The molecule has 11 heteroatoms. The van der Waals surface area contributed by atoms with Gasteiger partial charge >= 0.3 is 47.6 Å². The van der Waals surface area contributed by atoms with Gasteiger partial charge in [-0.1, -0.05) is 0 Å². The van der Waals surface area contributed by atoms with E-state index < -0.39 is 24.9 Å². The Kier molecular flexibility index (Phi) is 9.91. The van der Waals surface area contributed by atoms with Crippen LogP contribution >= 0.6 is 0 Å². The first kappa shape index (κ1) is 17.6. The van der Waals surface area contributed by atoms with Crippen LogP contribution in [0.15, 0.2) is 0 Å². The molecule has 1 radical (unpaired) electrons. The van der Waals surface area contributed by atoms with Crippen LogP contribution in [0.2, 0.25) is 0 Å². The molecular weight excluding hydrogens is 299 g/mol. The van der Waals surface area contributed by atoms with Gasteiger partial charge in [0.15, 0.2) is 0 Å². The Morgan fingerprint density at radius 1 is 1.09 bits per heavy atom. The second kappa shape index (κ2) is 6.18. The van der Waals surface area contributed by atoms with Gasteiger partial charge in [0.05, 0.1) is 0 Å². The third kappa shape index (κ3) is 2010. The molecular formula is H3AsCuO8S. The van der Waals surface area contributed by atoms with Crippen molar-refractivity contribution in [3.05, 3.63) is 0 Å². The second-order valence-electron chi connectivity index (χ2n) is 0.922. The molecule has 0 saturated heterocycles. The molecule has 0 spiro atoms. The van der Waals surface area contributed by atoms with E-state index in [9.17, 15) is 0 Å². The molecule has 0 aromatic rings.